The van der Waals surface area contributed by atoms with Gasteiger partial charge in [-0.25, -0.2) is 0 Å². The third-order valence-electron chi connectivity index (χ3n) is 22.9. The standard InChI is InChI=1S/C22H22.C21H32.2C15H16.C13H20.2C12H18.C10H14/c1-16(2)22-20(18-10-5-4-6-11-18)13-8-14-21(22)19-12-7-9-17(3)15-19;1-16(2)21-19(17-10-5-3-6-11-17)14-9-15-20(21)18-12-7-4-8-13-18;2*1-12(2)14-10-6-7-11-15(14)13-8-4-3-5-9-13;1-10(2)11-8-6-7-9-12(11)13(3,4)5;2*1-9(2)11-7-5-6-8-12(11)10(3)4;1-8(2)10-7-5-4-6-9(10)3/h4-16H,1-3H3;9,14-18H,3-8,10-13H2,1-2H3;2*3-12H,1-2H3;6-10H,1-5H3;2*5-10H,1-4H3;4-8H,1-3H3/i4D,5D,6D,7D,9D,10D,11D,12D,15D;;3D,4D,5D,8D,9D;;;9D;;. The fourth-order valence-corrected chi connectivity index (χ4v) is 16.8. The van der Waals surface area contributed by atoms with Crippen molar-refractivity contribution in [2.45, 2.75) is 314 Å². The number of aryl methyl sites for hydroxylation is 1. The molecule has 120 heavy (non-hydrogen) atoms. The third-order valence-corrected chi connectivity index (χ3v) is 22.9. The topological polar surface area (TPSA) is 0 Å². The van der Waals surface area contributed by atoms with Crippen LogP contribution in [0.1, 0.15) is 398 Å². The number of benzene rings is 12. The molecule has 0 nitrogen and oxygen atoms in total. The van der Waals surface area contributed by atoms with E-state index in [1.54, 1.807) is 41.8 Å². The summed E-state index contributed by atoms with van der Waals surface area (Å²) >= 11 is 0. The Labute approximate surface area is 755 Å². The van der Waals surface area contributed by atoms with Gasteiger partial charge in [0.05, 0.1) is 19.2 Å². The van der Waals surface area contributed by atoms with Crippen LogP contribution in [0.15, 0.2) is 297 Å². The minimum atomic E-state index is -0.485. The quantitative estimate of drug-likeness (QED) is 0.0904. The molecule has 0 unspecified atom stereocenters. The summed E-state index contributed by atoms with van der Waals surface area (Å²) in [5.41, 5.74) is 24.8. The molecule has 0 aromatic heterocycles. The van der Waals surface area contributed by atoms with Crippen LogP contribution in [0.2, 0.25) is 0 Å². The molecule has 12 aromatic rings. The maximum absolute atomic E-state index is 8.52. The van der Waals surface area contributed by atoms with Gasteiger partial charge in [0.2, 0.25) is 0 Å². The summed E-state index contributed by atoms with van der Waals surface area (Å²) in [4.78, 5) is 0. The van der Waals surface area contributed by atoms with Crippen LogP contribution >= 0.6 is 0 Å². The molecule has 2 aliphatic carbocycles. The molecule has 0 N–H and O–H groups in total. The zero-order valence-electron chi connectivity index (χ0n) is 93.1. The molecular formula is C120H156. The summed E-state index contributed by atoms with van der Waals surface area (Å²) in [6.07, 6.45) is 14.4. The van der Waals surface area contributed by atoms with Gasteiger partial charge in [0, 0.05) is 1.37 Å². The van der Waals surface area contributed by atoms with E-state index in [1.165, 1.54) is 120 Å². The molecular weight excluding hydrogens is 1440 g/mol. The highest BCUT2D eigenvalue weighted by Crippen LogP contribution is 2.44. The van der Waals surface area contributed by atoms with Crippen LogP contribution in [-0.2, 0) is 5.41 Å². The molecule has 14 rings (SSSR count). The van der Waals surface area contributed by atoms with E-state index in [-0.39, 0.29) is 100 Å². The van der Waals surface area contributed by atoms with Gasteiger partial charge in [-0.05, 0) is 238 Å². The lowest BCUT2D eigenvalue weighted by molar-refractivity contribution is 0.429. The number of hydrogen-bond acceptors (Lipinski definition) is 0. The molecule has 2 aliphatic rings. The molecule has 0 spiro atoms. The third kappa shape index (κ3) is 30.1. The van der Waals surface area contributed by atoms with Crippen LogP contribution in [0.4, 0.5) is 0 Å². The van der Waals surface area contributed by atoms with Crippen molar-refractivity contribution < 1.29 is 20.6 Å². The first-order valence-corrected chi connectivity index (χ1v) is 45.1. The summed E-state index contributed by atoms with van der Waals surface area (Å²) in [5.74, 6) is 5.56. The Balaban J connectivity index is 0.000000216. The van der Waals surface area contributed by atoms with Gasteiger partial charge >= 0.3 is 0 Å². The molecule has 2 saturated carbocycles. The summed E-state index contributed by atoms with van der Waals surface area (Å²) in [6.45, 7) is 53.8. The van der Waals surface area contributed by atoms with Gasteiger partial charge in [0.25, 0.3) is 0 Å². The smallest absolute Gasteiger partial charge is 0.0622 e. The van der Waals surface area contributed by atoms with Gasteiger partial charge in [0.1, 0.15) is 0 Å². The predicted octanol–water partition coefficient (Wildman–Crippen LogP) is 37.4. The fourth-order valence-electron chi connectivity index (χ4n) is 16.8. The highest BCUT2D eigenvalue weighted by Gasteiger charge is 2.26. The van der Waals surface area contributed by atoms with Crippen molar-refractivity contribution in [2.75, 3.05) is 0 Å². The predicted molar refractivity (Wildman–Crippen MR) is 534 cm³/mol. The van der Waals surface area contributed by atoms with E-state index in [0.29, 0.717) is 69.2 Å². The van der Waals surface area contributed by atoms with Gasteiger partial charge in [-0.15, -0.1) is 0 Å². The Morgan fingerprint density at radius 3 is 0.975 bits per heavy atom. The Hall–Kier alpha value is -9.36. The molecule has 0 saturated heterocycles. The largest absolute Gasteiger partial charge is 0.0632 e. The van der Waals surface area contributed by atoms with Crippen LogP contribution in [-0.4, -0.2) is 0 Å². The summed E-state index contributed by atoms with van der Waals surface area (Å²) in [7, 11) is 0. The molecule has 0 radical (unpaired) electrons. The van der Waals surface area contributed by atoms with Crippen LogP contribution < -0.4 is 0 Å². The molecule has 2 fully saturated rings. The summed E-state index contributed by atoms with van der Waals surface area (Å²) in [6, 6.07) is 69.3. The second kappa shape index (κ2) is 50.1. The van der Waals surface area contributed by atoms with E-state index in [2.05, 4.69) is 282 Å². The normalized spacial score (nSPS) is 14.7. The second-order valence-electron chi connectivity index (χ2n) is 36.6. The van der Waals surface area contributed by atoms with Gasteiger partial charge in [-0.3, -0.25) is 0 Å². The molecule has 0 heteroatoms. The van der Waals surface area contributed by atoms with Crippen molar-refractivity contribution in [3.8, 4) is 44.5 Å². The number of rotatable bonds is 16. The van der Waals surface area contributed by atoms with E-state index in [4.69, 9.17) is 20.6 Å². The Kier molecular flexibility index (Phi) is 32.1. The van der Waals surface area contributed by atoms with E-state index in [1.807, 2.05) is 77.9 Å². The van der Waals surface area contributed by atoms with Gasteiger partial charge in [-0.2, -0.15) is 0 Å². The summed E-state index contributed by atoms with van der Waals surface area (Å²) < 4.78 is 121. The van der Waals surface area contributed by atoms with Crippen molar-refractivity contribution in [2.24, 2.45) is 0 Å². The van der Waals surface area contributed by atoms with E-state index in [0.717, 1.165) is 23.0 Å². The number of hydrogen-bond donors (Lipinski definition) is 0. The van der Waals surface area contributed by atoms with Crippen molar-refractivity contribution in [3.05, 3.63) is 380 Å². The fraction of sp³-hybridized carbons (Fsp3) is 0.400. The molecule has 0 bridgehead atoms. The molecule has 0 heterocycles. The first kappa shape index (κ1) is 76.7. The molecule has 636 valence electrons. The second-order valence-corrected chi connectivity index (χ2v) is 36.6. The zero-order chi connectivity index (χ0) is 101. The lowest BCUT2D eigenvalue weighted by Crippen LogP contribution is -2.14. The Morgan fingerprint density at radius 1 is 0.267 bits per heavy atom. The van der Waals surface area contributed by atoms with Crippen molar-refractivity contribution in [1.82, 2.24) is 0 Å². The first-order chi connectivity index (χ1) is 63.5. The monoisotopic (exact) mass is 1610 g/mol. The van der Waals surface area contributed by atoms with Crippen LogP contribution in [0.25, 0.3) is 44.5 Å². The van der Waals surface area contributed by atoms with Gasteiger partial charge in [0.15, 0.2) is 0 Å². The molecule has 0 aliphatic heterocycles. The average molecular weight is 1610 g/mol. The minimum Gasteiger partial charge on any atom is -0.0622 e. The maximum Gasteiger partial charge on any atom is 0.0632 e. The van der Waals surface area contributed by atoms with E-state index < -0.39 is 24.0 Å². The first-order valence-electron chi connectivity index (χ1n) is 52.6. The molecule has 0 atom stereocenters. The minimum absolute atomic E-state index is 0.0221. The Bertz CT molecular complexity index is 5500. The van der Waals surface area contributed by atoms with Crippen LogP contribution in [0, 0.1) is 13.8 Å². The average Bonchev–Trinajstić information content (AvgIpc) is 0.738. The van der Waals surface area contributed by atoms with E-state index >= 15 is 0 Å². The maximum atomic E-state index is 8.52. The zero-order valence-corrected chi connectivity index (χ0v) is 78.1. The van der Waals surface area contributed by atoms with Crippen molar-refractivity contribution >= 4 is 0 Å². The van der Waals surface area contributed by atoms with Gasteiger partial charge in [-0.1, -0.05) is 500 Å². The van der Waals surface area contributed by atoms with Crippen LogP contribution in [0.3, 0.4) is 0 Å². The highest BCUT2D eigenvalue weighted by atomic mass is 14.3. The van der Waals surface area contributed by atoms with Gasteiger partial charge < -0.3 is 0 Å². The lowest BCUT2D eigenvalue weighted by Gasteiger charge is -2.31. The lowest BCUT2D eigenvalue weighted by atomic mass is 9.74. The summed E-state index contributed by atoms with van der Waals surface area (Å²) in [5, 5.41) is 0. The highest BCUT2D eigenvalue weighted by molar-refractivity contribution is 5.80. The SMILES string of the molecule is CC(C)c1c(C2CCCCC2)cccc1C1CCCCC1.CC(C)c1ccccc1-c1ccccc1.CC(C)c1ccccc1C(C)(C)C.CC(C)c1ccccc1C(C)C.Cc1ccccc1C(C)C.[2H]C(C)(C)c1ccccc1C(C)C.[2H]c1c([2H])c([2H])c(-c2cccc(-c3c([2H])c([2H])c([2H])c(C)c3[2H])c2C(C)C)c([2H])c1[2H].[2H]c1c([2H])c([2H])c(-c2ccccc2C(C)C)c([2H])c1[2H]. The van der Waals surface area contributed by atoms with Crippen molar-refractivity contribution in [3.63, 3.8) is 0 Å². The van der Waals surface area contributed by atoms with Crippen LogP contribution in [0.5, 0.6) is 0 Å². The molecule has 12 aromatic carbocycles. The van der Waals surface area contributed by atoms with E-state index in [9.17, 15) is 0 Å². The molecule has 0 amide bonds. The van der Waals surface area contributed by atoms with Crippen molar-refractivity contribution in [1.29, 1.82) is 0 Å². The Morgan fingerprint density at radius 2 is 0.592 bits per heavy atom.